The molecule has 1 aromatic carbocycles. The number of ether oxygens (including phenoxy) is 1. The number of pyridine rings is 1. The summed E-state index contributed by atoms with van der Waals surface area (Å²) in [7, 11) is 0. The number of rotatable bonds is 5. The van der Waals surface area contributed by atoms with E-state index in [0.29, 0.717) is 29.9 Å². The van der Waals surface area contributed by atoms with Gasteiger partial charge in [0, 0.05) is 44.3 Å². The molecule has 7 nitrogen and oxygen atoms in total. The minimum absolute atomic E-state index is 0.000306. The number of fused-ring (bicyclic) bond motifs is 1. The molecule has 1 fully saturated rings. The maximum atomic E-state index is 13.3. The lowest BCUT2D eigenvalue weighted by atomic mass is 10.2. The molecule has 0 radical (unpaired) electrons. The fraction of sp³-hybridized carbons (Fsp3) is 0.381. The van der Waals surface area contributed by atoms with Gasteiger partial charge in [-0.2, -0.15) is 0 Å². The highest BCUT2D eigenvalue weighted by molar-refractivity contribution is 5.77. The molecule has 0 saturated carbocycles. The lowest BCUT2D eigenvalue weighted by molar-refractivity contribution is -0.136. The number of imidazole rings is 1. The van der Waals surface area contributed by atoms with Gasteiger partial charge in [0.2, 0.25) is 5.91 Å². The third-order valence-electron chi connectivity index (χ3n) is 5.14. The molecule has 1 aliphatic heterocycles. The van der Waals surface area contributed by atoms with E-state index in [4.69, 9.17) is 4.74 Å². The van der Waals surface area contributed by atoms with Crippen molar-refractivity contribution in [2.45, 2.75) is 20.0 Å². The molecule has 0 atom stereocenters. The van der Waals surface area contributed by atoms with Crippen molar-refractivity contribution < 1.29 is 13.9 Å². The van der Waals surface area contributed by atoms with Gasteiger partial charge >= 0.3 is 0 Å². The summed E-state index contributed by atoms with van der Waals surface area (Å²) in [6.07, 6.45) is 4.57. The number of amides is 1. The number of benzene rings is 1. The van der Waals surface area contributed by atoms with Gasteiger partial charge in [0.05, 0.1) is 11.0 Å². The number of halogens is 1. The second-order valence-corrected chi connectivity index (χ2v) is 7.22. The Morgan fingerprint density at radius 3 is 3.00 bits per heavy atom. The number of carbonyl (C=O) groups is 1. The molecule has 0 aliphatic carbocycles. The summed E-state index contributed by atoms with van der Waals surface area (Å²) in [5, 5.41) is 0. The van der Waals surface area contributed by atoms with Crippen LogP contribution in [0.25, 0.3) is 11.0 Å². The van der Waals surface area contributed by atoms with E-state index in [1.54, 1.807) is 12.3 Å². The molecular formula is C21H24FN5O2. The zero-order chi connectivity index (χ0) is 20.2. The van der Waals surface area contributed by atoms with Gasteiger partial charge in [-0.3, -0.25) is 9.78 Å². The van der Waals surface area contributed by atoms with E-state index in [-0.39, 0.29) is 24.9 Å². The Bertz CT molecular complexity index is 1010. The summed E-state index contributed by atoms with van der Waals surface area (Å²) < 4.78 is 18.8. The minimum Gasteiger partial charge on any atom is -0.369 e. The SMILES string of the molecule is Cc1cnccc1N1CCCN(C(=O)COCc2nc3ccc(F)cc3[nH]2)CC1. The van der Waals surface area contributed by atoms with Crippen molar-refractivity contribution in [3.63, 3.8) is 0 Å². The molecule has 8 heteroatoms. The molecule has 1 aliphatic rings. The van der Waals surface area contributed by atoms with Crippen LogP contribution >= 0.6 is 0 Å². The molecule has 1 amide bonds. The Morgan fingerprint density at radius 1 is 1.24 bits per heavy atom. The van der Waals surface area contributed by atoms with Gasteiger partial charge in [-0.1, -0.05) is 0 Å². The van der Waals surface area contributed by atoms with Crippen LogP contribution < -0.4 is 4.90 Å². The number of hydrogen-bond donors (Lipinski definition) is 1. The van der Waals surface area contributed by atoms with Crippen LogP contribution in [0.5, 0.6) is 0 Å². The predicted molar refractivity (Wildman–Crippen MR) is 108 cm³/mol. The van der Waals surface area contributed by atoms with Crippen LogP contribution in [0, 0.1) is 12.7 Å². The van der Waals surface area contributed by atoms with Gasteiger partial charge < -0.3 is 19.5 Å². The second-order valence-electron chi connectivity index (χ2n) is 7.22. The smallest absolute Gasteiger partial charge is 0.248 e. The summed E-state index contributed by atoms with van der Waals surface area (Å²) in [5.74, 6) is 0.232. The van der Waals surface area contributed by atoms with Crippen molar-refractivity contribution in [2.24, 2.45) is 0 Å². The van der Waals surface area contributed by atoms with E-state index in [1.165, 1.54) is 17.8 Å². The molecule has 0 bridgehead atoms. The molecule has 1 saturated heterocycles. The minimum atomic E-state index is -0.319. The van der Waals surface area contributed by atoms with Crippen molar-refractivity contribution in [3.8, 4) is 0 Å². The number of aryl methyl sites for hydroxylation is 1. The summed E-state index contributed by atoms with van der Waals surface area (Å²) in [5.41, 5.74) is 3.61. The first kappa shape index (κ1) is 19.3. The number of carbonyl (C=O) groups excluding carboxylic acids is 1. The lowest BCUT2D eigenvalue weighted by Gasteiger charge is -2.25. The number of aromatic amines is 1. The van der Waals surface area contributed by atoms with E-state index < -0.39 is 0 Å². The normalized spacial score (nSPS) is 15.0. The Balaban J connectivity index is 1.29. The Labute approximate surface area is 168 Å². The highest BCUT2D eigenvalue weighted by Gasteiger charge is 2.20. The largest absolute Gasteiger partial charge is 0.369 e. The molecule has 0 unspecified atom stereocenters. The number of aromatic nitrogens is 3. The molecule has 3 heterocycles. The highest BCUT2D eigenvalue weighted by atomic mass is 19.1. The number of anilines is 1. The van der Waals surface area contributed by atoms with Gasteiger partial charge in [-0.25, -0.2) is 9.37 Å². The predicted octanol–water partition coefficient (Wildman–Crippen LogP) is 2.66. The van der Waals surface area contributed by atoms with Crippen LogP contribution in [0.15, 0.2) is 36.7 Å². The first-order chi connectivity index (χ1) is 14.1. The van der Waals surface area contributed by atoms with Gasteiger partial charge in [0.15, 0.2) is 0 Å². The average Bonchev–Trinajstić information content (AvgIpc) is 2.94. The van der Waals surface area contributed by atoms with Crippen LogP contribution in [0.1, 0.15) is 17.8 Å². The standard InChI is InChI=1S/C21H24FN5O2/c1-15-12-23-6-5-19(15)26-7-2-8-27(10-9-26)21(28)14-29-13-20-24-17-4-3-16(22)11-18(17)25-20/h3-6,11-12H,2,7-10,13-14H2,1H3,(H,24,25). The van der Waals surface area contributed by atoms with Gasteiger partial charge in [-0.15, -0.1) is 0 Å². The lowest BCUT2D eigenvalue weighted by Crippen LogP contribution is -2.37. The topological polar surface area (TPSA) is 74.3 Å². The maximum Gasteiger partial charge on any atom is 0.248 e. The zero-order valence-corrected chi connectivity index (χ0v) is 16.4. The molecular weight excluding hydrogens is 373 g/mol. The van der Waals surface area contributed by atoms with E-state index in [1.807, 2.05) is 17.2 Å². The molecule has 152 valence electrons. The molecule has 4 rings (SSSR count). The Kier molecular flexibility index (Phi) is 5.71. The first-order valence-corrected chi connectivity index (χ1v) is 9.75. The van der Waals surface area contributed by atoms with Crippen LogP contribution in [-0.2, 0) is 16.1 Å². The Hall–Kier alpha value is -3.00. The third kappa shape index (κ3) is 4.54. The maximum absolute atomic E-state index is 13.3. The molecule has 1 N–H and O–H groups in total. The van der Waals surface area contributed by atoms with Crippen LogP contribution in [0.3, 0.4) is 0 Å². The van der Waals surface area contributed by atoms with Crippen molar-refractivity contribution in [3.05, 3.63) is 53.9 Å². The monoisotopic (exact) mass is 397 g/mol. The van der Waals surface area contributed by atoms with Crippen molar-refractivity contribution in [1.29, 1.82) is 0 Å². The summed E-state index contributed by atoms with van der Waals surface area (Å²) >= 11 is 0. The average molecular weight is 397 g/mol. The van der Waals surface area contributed by atoms with Crippen LogP contribution in [0.2, 0.25) is 0 Å². The van der Waals surface area contributed by atoms with E-state index in [9.17, 15) is 9.18 Å². The van der Waals surface area contributed by atoms with Gasteiger partial charge in [0.25, 0.3) is 0 Å². The van der Waals surface area contributed by atoms with Crippen molar-refractivity contribution in [2.75, 3.05) is 37.7 Å². The summed E-state index contributed by atoms with van der Waals surface area (Å²) in [6.45, 7) is 5.30. The van der Waals surface area contributed by atoms with Crippen LogP contribution in [-0.4, -0.2) is 58.5 Å². The van der Waals surface area contributed by atoms with Gasteiger partial charge in [0.1, 0.15) is 24.9 Å². The summed E-state index contributed by atoms with van der Waals surface area (Å²) in [4.78, 5) is 28.2. The molecule has 0 spiro atoms. The molecule has 2 aromatic heterocycles. The fourth-order valence-electron chi connectivity index (χ4n) is 3.66. The fourth-order valence-corrected chi connectivity index (χ4v) is 3.66. The Morgan fingerprint density at radius 2 is 2.14 bits per heavy atom. The number of nitrogens with one attached hydrogen (secondary N) is 1. The third-order valence-corrected chi connectivity index (χ3v) is 5.14. The number of H-pyrrole nitrogens is 1. The van der Waals surface area contributed by atoms with E-state index in [2.05, 4.69) is 26.8 Å². The molecule has 29 heavy (non-hydrogen) atoms. The van der Waals surface area contributed by atoms with Crippen molar-refractivity contribution in [1.82, 2.24) is 19.9 Å². The zero-order valence-electron chi connectivity index (χ0n) is 16.4. The van der Waals surface area contributed by atoms with Crippen molar-refractivity contribution >= 4 is 22.6 Å². The van der Waals surface area contributed by atoms with Gasteiger partial charge in [-0.05, 0) is 43.2 Å². The number of hydrogen-bond acceptors (Lipinski definition) is 5. The molecule has 3 aromatic rings. The summed E-state index contributed by atoms with van der Waals surface area (Å²) in [6, 6.07) is 6.40. The van der Waals surface area contributed by atoms with Crippen LogP contribution in [0.4, 0.5) is 10.1 Å². The van der Waals surface area contributed by atoms with E-state index >= 15 is 0 Å². The highest BCUT2D eigenvalue weighted by Crippen LogP contribution is 2.20. The number of nitrogens with zero attached hydrogens (tertiary/aromatic N) is 4. The first-order valence-electron chi connectivity index (χ1n) is 9.75. The van der Waals surface area contributed by atoms with E-state index in [0.717, 1.165) is 25.1 Å². The second kappa shape index (κ2) is 8.57. The quantitative estimate of drug-likeness (QED) is 0.717.